The number of aromatic hydroxyl groups is 1. The van der Waals surface area contributed by atoms with Crippen molar-refractivity contribution in [1.82, 2.24) is 0 Å². The van der Waals surface area contributed by atoms with E-state index in [1.165, 1.54) is 12.1 Å². The highest BCUT2D eigenvalue weighted by atomic mass is 32.2. The fourth-order valence-corrected chi connectivity index (χ4v) is 4.39. The van der Waals surface area contributed by atoms with Gasteiger partial charge in [-0.15, -0.1) is 10.2 Å². The van der Waals surface area contributed by atoms with Gasteiger partial charge in [0.2, 0.25) is 0 Å². The van der Waals surface area contributed by atoms with Crippen molar-refractivity contribution in [3.8, 4) is 5.75 Å². The van der Waals surface area contributed by atoms with E-state index in [0.29, 0.717) is 5.69 Å². The molecule has 1 unspecified atom stereocenters. The van der Waals surface area contributed by atoms with Crippen LogP contribution in [0.25, 0.3) is 21.5 Å². The molecule has 0 aliphatic heterocycles. The lowest BCUT2D eigenvalue weighted by atomic mass is 10.1. The highest BCUT2D eigenvalue weighted by molar-refractivity contribution is 7.86. The second-order valence-electron chi connectivity index (χ2n) is 6.38. The number of phenolic OH excluding ortho intramolecular Hbond substituents is 1. The van der Waals surface area contributed by atoms with Gasteiger partial charge in [-0.3, -0.25) is 4.55 Å². The average molecular weight is 442 g/mol. The van der Waals surface area contributed by atoms with Gasteiger partial charge < -0.3 is 9.66 Å². The van der Waals surface area contributed by atoms with Crippen molar-refractivity contribution >= 4 is 54.1 Å². The Balaban J connectivity index is 1.97. The summed E-state index contributed by atoms with van der Waals surface area (Å²) < 4.78 is 54.0. The van der Waals surface area contributed by atoms with Crippen LogP contribution in [0.15, 0.2) is 86.7 Å². The molecule has 0 aliphatic rings. The number of phenols is 1. The Bertz CT molecular complexity index is 1460. The largest absolute Gasteiger partial charge is 0.506 e. The minimum atomic E-state index is -4.61. The molecule has 1 atom stereocenters. The van der Waals surface area contributed by atoms with Crippen LogP contribution in [-0.4, -0.2) is 26.8 Å². The first-order valence-electron chi connectivity index (χ1n) is 8.53. The van der Waals surface area contributed by atoms with Crippen molar-refractivity contribution in [3.05, 3.63) is 66.7 Å². The van der Waals surface area contributed by atoms with E-state index >= 15 is 0 Å². The maximum Gasteiger partial charge on any atom is 0.294 e. The molecular weight excluding hydrogens is 428 g/mol. The molecule has 0 fully saturated rings. The third kappa shape index (κ3) is 3.68. The van der Waals surface area contributed by atoms with Crippen LogP contribution >= 0.6 is 0 Å². The van der Waals surface area contributed by atoms with E-state index in [0.717, 1.165) is 22.9 Å². The molecule has 0 amide bonds. The molecule has 0 heterocycles. The van der Waals surface area contributed by atoms with E-state index < -0.39 is 26.1 Å². The van der Waals surface area contributed by atoms with Crippen LogP contribution in [0.4, 0.5) is 11.4 Å². The minimum Gasteiger partial charge on any atom is -0.506 e. The molecule has 10 heteroatoms. The number of hydrogen-bond donors (Lipinski definition) is 3. The summed E-state index contributed by atoms with van der Waals surface area (Å²) in [6, 6.07) is 17.5. The van der Waals surface area contributed by atoms with E-state index in [2.05, 4.69) is 10.2 Å². The maximum absolute atomic E-state index is 11.9. The molecule has 4 aromatic carbocycles. The first kappa shape index (κ1) is 20.1. The second kappa shape index (κ2) is 7.58. The number of azo groups is 1. The van der Waals surface area contributed by atoms with Gasteiger partial charge in [0.1, 0.15) is 11.4 Å². The van der Waals surface area contributed by atoms with Gasteiger partial charge in [-0.2, -0.15) is 8.42 Å². The molecule has 30 heavy (non-hydrogen) atoms. The predicted molar refractivity (Wildman–Crippen MR) is 113 cm³/mol. The summed E-state index contributed by atoms with van der Waals surface area (Å²) >= 11 is -2.63. The standard InChI is InChI=1S/C20H14N2O6S2/c23-17-9-8-13-10-14(30(26,27)28)11-18(29(24)25)19(13)20(17)22-21-16-7-3-5-12-4-1-2-6-15(12)16/h1-11,23H,(H,24,25)(H,26,27,28)/b22-21+. The predicted octanol–water partition coefficient (Wildman–Crippen LogP) is 4.94. The van der Waals surface area contributed by atoms with Crippen LogP contribution in [-0.2, 0) is 21.2 Å². The summed E-state index contributed by atoms with van der Waals surface area (Å²) in [6.07, 6.45) is 0. The first-order chi connectivity index (χ1) is 14.3. The van der Waals surface area contributed by atoms with Gasteiger partial charge >= 0.3 is 0 Å². The van der Waals surface area contributed by atoms with Crippen molar-refractivity contribution in [1.29, 1.82) is 0 Å². The molecule has 4 aromatic rings. The Labute approximate surface area is 173 Å². The van der Waals surface area contributed by atoms with E-state index in [1.807, 2.05) is 30.3 Å². The Kier molecular flexibility index (Phi) is 5.08. The molecule has 0 radical (unpaired) electrons. The maximum atomic E-state index is 11.9. The molecule has 8 nitrogen and oxygen atoms in total. The number of benzene rings is 4. The molecule has 152 valence electrons. The first-order valence-corrected chi connectivity index (χ1v) is 11.1. The summed E-state index contributed by atoms with van der Waals surface area (Å²) in [7, 11) is -4.61. The summed E-state index contributed by atoms with van der Waals surface area (Å²) in [5.74, 6) is -0.308. The fourth-order valence-electron chi connectivity index (χ4n) is 3.16. The van der Waals surface area contributed by atoms with E-state index in [9.17, 15) is 26.8 Å². The van der Waals surface area contributed by atoms with Crippen LogP contribution in [0.2, 0.25) is 0 Å². The molecule has 3 N–H and O–H groups in total. The quantitative estimate of drug-likeness (QED) is 0.233. The van der Waals surface area contributed by atoms with Crippen LogP contribution in [0.1, 0.15) is 0 Å². The minimum absolute atomic E-state index is 0.0484. The zero-order chi connectivity index (χ0) is 21.5. The number of nitrogens with zero attached hydrogens (tertiary/aromatic N) is 2. The lowest BCUT2D eigenvalue weighted by molar-refractivity contribution is 0.477. The zero-order valence-corrected chi connectivity index (χ0v) is 16.8. The molecule has 0 spiro atoms. The second-order valence-corrected chi connectivity index (χ2v) is 8.73. The molecule has 0 aliphatic carbocycles. The monoisotopic (exact) mass is 442 g/mol. The van der Waals surface area contributed by atoms with Crippen molar-refractivity contribution in [3.63, 3.8) is 0 Å². The highest BCUT2D eigenvalue weighted by Crippen LogP contribution is 2.40. The van der Waals surface area contributed by atoms with Gasteiger partial charge in [0.15, 0.2) is 11.1 Å². The third-order valence-corrected chi connectivity index (χ3v) is 6.05. The lowest BCUT2D eigenvalue weighted by Crippen LogP contribution is -2.01. The summed E-state index contributed by atoms with van der Waals surface area (Å²) in [6.45, 7) is 0. The van der Waals surface area contributed by atoms with Crippen molar-refractivity contribution in [2.24, 2.45) is 10.2 Å². The average Bonchev–Trinajstić information content (AvgIpc) is 2.71. The Morgan fingerprint density at radius 3 is 2.33 bits per heavy atom. The molecule has 0 saturated heterocycles. The van der Waals surface area contributed by atoms with Gasteiger partial charge in [-0.1, -0.05) is 42.5 Å². The number of fused-ring (bicyclic) bond motifs is 2. The zero-order valence-electron chi connectivity index (χ0n) is 15.1. The van der Waals surface area contributed by atoms with Gasteiger partial charge in [0.25, 0.3) is 10.1 Å². The molecule has 0 bridgehead atoms. The van der Waals surface area contributed by atoms with Crippen LogP contribution in [0, 0.1) is 0 Å². The molecule has 0 saturated carbocycles. The van der Waals surface area contributed by atoms with Gasteiger partial charge in [-0.05, 0) is 35.0 Å². The normalized spacial score (nSPS) is 13.3. The number of rotatable bonds is 4. The SMILES string of the molecule is O=S(O)c1cc(S(=O)(=O)O)cc2ccc(O)c(/N=N/c3cccc4ccccc34)c12. The smallest absolute Gasteiger partial charge is 0.294 e. The Morgan fingerprint density at radius 2 is 1.60 bits per heavy atom. The van der Waals surface area contributed by atoms with Gasteiger partial charge in [0.05, 0.1) is 15.5 Å². The topological polar surface area (TPSA) is 137 Å². The molecule has 4 rings (SSSR count). The number of hydrogen-bond acceptors (Lipinski definition) is 6. The summed E-state index contributed by atoms with van der Waals surface area (Å²) in [5.41, 5.74) is 0.422. The molecular formula is C20H14N2O6S2. The summed E-state index contributed by atoms with van der Waals surface area (Å²) in [5, 5.41) is 20.6. The van der Waals surface area contributed by atoms with E-state index in [-0.39, 0.29) is 27.1 Å². The summed E-state index contributed by atoms with van der Waals surface area (Å²) in [4.78, 5) is -0.877. The van der Waals surface area contributed by atoms with Crippen LogP contribution in [0.3, 0.4) is 0 Å². The molecule has 0 aromatic heterocycles. The van der Waals surface area contributed by atoms with Crippen LogP contribution < -0.4 is 0 Å². The van der Waals surface area contributed by atoms with Crippen LogP contribution in [0.5, 0.6) is 5.75 Å². The highest BCUT2D eigenvalue weighted by Gasteiger charge is 2.20. The van der Waals surface area contributed by atoms with Crippen molar-refractivity contribution in [2.75, 3.05) is 0 Å². The Morgan fingerprint density at radius 1 is 0.867 bits per heavy atom. The Hall–Kier alpha value is -3.18. The van der Waals surface area contributed by atoms with E-state index in [4.69, 9.17) is 0 Å². The van der Waals surface area contributed by atoms with Gasteiger partial charge in [0, 0.05) is 10.8 Å². The van der Waals surface area contributed by atoms with E-state index in [1.54, 1.807) is 12.1 Å². The third-order valence-electron chi connectivity index (χ3n) is 4.52. The van der Waals surface area contributed by atoms with Crippen molar-refractivity contribution in [2.45, 2.75) is 9.79 Å². The van der Waals surface area contributed by atoms with Crippen molar-refractivity contribution < 1.29 is 26.8 Å². The fraction of sp³-hybridized carbons (Fsp3) is 0. The van der Waals surface area contributed by atoms with Gasteiger partial charge in [-0.25, -0.2) is 4.21 Å². The lowest BCUT2D eigenvalue weighted by Gasteiger charge is -2.10.